The van der Waals surface area contributed by atoms with Gasteiger partial charge in [0.25, 0.3) is 0 Å². The highest BCUT2D eigenvalue weighted by Gasteiger charge is 2.60. The Morgan fingerprint density at radius 1 is 1.14 bits per heavy atom. The molecule has 1 aromatic carbocycles. The third kappa shape index (κ3) is 4.50. The number of hydrogen-bond acceptors (Lipinski definition) is 4. The molecule has 7 atom stereocenters. The number of carboxylic acids is 1. The van der Waals surface area contributed by atoms with Crippen LogP contribution in [0.1, 0.15) is 88.9 Å². The first-order valence-electron chi connectivity index (χ1n) is 13.6. The molecule has 3 aliphatic carbocycles. The summed E-state index contributed by atoms with van der Waals surface area (Å²) in [6, 6.07) is 3.71. The molecule has 6 heteroatoms. The molecule has 0 bridgehead atoms. The number of aromatic carboxylic acids is 1. The van der Waals surface area contributed by atoms with E-state index in [1.807, 2.05) is 0 Å². The molecule has 1 aliphatic heterocycles. The summed E-state index contributed by atoms with van der Waals surface area (Å²) in [5, 5.41) is 9.43. The van der Waals surface area contributed by atoms with Crippen molar-refractivity contribution >= 4 is 5.97 Å². The van der Waals surface area contributed by atoms with Gasteiger partial charge in [0.1, 0.15) is 17.1 Å². The van der Waals surface area contributed by atoms with Crippen LogP contribution in [-0.4, -0.2) is 36.7 Å². The number of carbonyl (C=O) groups is 1. The molecule has 4 aliphatic rings. The fourth-order valence-electron chi connectivity index (χ4n) is 8.37. The second kappa shape index (κ2) is 9.66. The summed E-state index contributed by atoms with van der Waals surface area (Å²) in [7, 11) is 0. The predicted molar refractivity (Wildman–Crippen MR) is 131 cm³/mol. The molecule has 5 rings (SSSR count). The van der Waals surface area contributed by atoms with Gasteiger partial charge in [0.2, 0.25) is 0 Å². The molecule has 1 N–H and O–H groups in total. The maximum Gasteiger partial charge on any atom is 0.339 e. The highest BCUT2D eigenvalue weighted by atomic mass is 19.1. The SMILES string of the molecule is CC1CCC2[C@]3(C)CO[C@@H](C4CCCC4)O[C@@H]3CC[C@@]2(C)[C@@H]1CCOc1ccc(F)cc1C(=O)O. The Morgan fingerprint density at radius 2 is 1.91 bits per heavy atom. The van der Waals surface area contributed by atoms with Crippen LogP contribution in [0.2, 0.25) is 0 Å². The molecular weight excluding hydrogens is 447 g/mol. The monoisotopic (exact) mass is 488 g/mol. The quantitative estimate of drug-likeness (QED) is 0.483. The molecule has 4 fully saturated rings. The van der Waals surface area contributed by atoms with Crippen molar-refractivity contribution < 1.29 is 28.5 Å². The third-order valence-corrected chi connectivity index (χ3v) is 10.2. The minimum atomic E-state index is -1.17. The molecule has 3 saturated carbocycles. The van der Waals surface area contributed by atoms with Crippen molar-refractivity contribution in [3.63, 3.8) is 0 Å². The Morgan fingerprint density at radius 3 is 2.66 bits per heavy atom. The maximum absolute atomic E-state index is 13.6. The van der Waals surface area contributed by atoms with Gasteiger partial charge >= 0.3 is 5.97 Å². The van der Waals surface area contributed by atoms with Crippen molar-refractivity contribution in [1.29, 1.82) is 0 Å². The molecule has 0 spiro atoms. The minimum Gasteiger partial charge on any atom is -0.493 e. The fraction of sp³-hybridized carbons (Fsp3) is 0.759. The molecule has 1 saturated heterocycles. The summed E-state index contributed by atoms with van der Waals surface area (Å²) in [6.45, 7) is 8.42. The van der Waals surface area contributed by atoms with E-state index in [0.717, 1.165) is 31.9 Å². The van der Waals surface area contributed by atoms with E-state index in [2.05, 4.69) is 20.8 Å². The molecular formula is C29H41FO5. The number of fused-ring (bicyclic) bond motifs is 3. The molecule has 35 heavy (non-hydrogen) atoms. The molecule has 2 unspecified atom stereocenters. The Hall–Kier alpha value is -1.66. The Balaban J connectivity index is 1.28. The van der Waals surface area contributed by atoms with Gasteiger partial charge in [-0.05, 0) is 79.9 Å². The van der Waals surface area contributed by atoms with E-state index in [4.69, 9.17) is 14.2 Å². The number of benzene rings is 1. The maximum atomic E-state index is 13.6. The smallest absolute Gasteiger partial charge is 0.339 e. The first-order chi connectivity index (χ1) is 16.7. The lowest BCUT2D eigenvalue weighted by Crippen LogP contribution is -2.62. The number of ether oxygens (including phenoxy) is 3. The van der Waals surface area contributed by atoms with Gasteiger partial charge in [0.05, 0.1) is 19.3 Å². The normalized spacial score (nSPS) is 39.6. The second-order valence-corrected chi connectivity index (χ2v) is 12.2. The minimum absolute atomic E-state index is 0.0224. The molecule has 1 heterocycles. The van der Waals surface area contributed by atoms with Crippen molar-refractivity contribution in [2.75, 3.05) is 13.2 Å². The van der Waals surface area contributed by atoms with Crippen LogP contribution in [0.4, 0.5) is 4.39 Å². The predicted octanol–water partition coefficient (Wildman–Crippen LogP) is 6.69. The zero-order chi connectivity index (χ0) is 24.8. The molecule has 0 aromatic heterocycles. The summed E-state index contributed by atoms with van der Waals surface area (Å²) in [4.78, 5) is 11.5. The topological polar surface area (TPSA) is 65.0 Å². The van der Waals surface area contributed by atoms with Gasteiger partial charge in [0.15, 0.2) is 6.29 Å². The van der Waals surface area contributed by atoms with E-state index < -0.39 is 11.8 Å². The van der Waals surface area contributed by atoms with Crippen molar-refractivity contribution in [3.8, 4) is 5.75 Å². The average Bonchev–Trinajstić information content (AvgIpc) is 3.36. The third-order valence-electron chi connectivity index (χ3n) is 10.2. The zero-order valence-corrected chi connectivity index (χ0v) is 21.4. The van der Waals surface area contributed by atoms with Gasteiger partial charge in [-0.2, -0.15) is 0 Å². The van der Waals surface area contributed by atoms with Crippen LogP contribution in [0.3, 0.4) is 0 Å². The van der Waals surface area contributed by atoms with E-state index in [9.17, 15) is 14.3 Å². The van der Waals surface area contributed by atoms with Gasteiger partial charge in [-0.1, -0.05) is 40.0 Å². The standard InChI is InChI=1S/C29H41FO5/c1-18-8-11-24-28(2,22(18)13-15-33-23-10-9-20(30)16-21(23)26(31)32)14-12-25-29(24,3)17-34-27(35-25)19-6-4-5-7-19/h9-10,16,18-19,22,24-25,27H,4-8,11-15,17H2,1-3H3,(H,31,32)/t18?,22-,24?,25-,27-,28+,29+/m1/s1. The molecule has 0 radical (unpaired) electrons. The summed E-state index contributed by atoms with van der Waals surface area (Å²) >= 11 is 0. The lowest BCUT2D eigenvalue weighted by Gasteiger charge is -2.63. The lowest BCUT2D eigenvalue weighted by molar-refractivity contribution is -0.319. The van der Waals surface area contributed by atoms with Gasteiger partial charge < -0.3 is 19.3 Å². The van der Waals surface area contributed by atoms with Crippen LogP contribution in [-0.2, 0) is 9.47 Å². The first kappa shape index (κ1) is 25.0. The van der Waals surface area contributed by atoms with Crippen molar-refractivity contribution in [2.45, 2.75) is 91.0 Å². The second-order valence-electron chi connectivity index (χ2n) is 12.2. The Kier molecular flexibility index (Phi) is 6.90. The van der Waals surface area contributed by atoms with Gasteiger partial charge in [-0.3, -0.25) is 0 Å². The van der Waals surface area contributed by atoms with Crippen LogP contribution in [0.25, 0.3) is 0 Å². The largest absolute Gasteiger partial charge is 0.493 e. The van der Waals surface area contributed by atoms with Crippen LogP contribution in [0, 0.1) is 40.3 Å². The van der Waals surface area contributed by atoms with Crippen molar-refractivity contribution in [3.05, 3.63) is 29.6 Å². The molecule has 194 valence electrons. The van der Waals surface area contributed by atoms with Crippen LogP contribution >= 0.6 is 0 Å². The fourth-order valence-corrected chi connectivity index (χ4v) is 8.37. The highest BCUT2D eigenvalue weighted by molar-refractivity contribution is 5.90. The van der Waals surface area contributed by atoms with Crippen LogP contribution in [0.5, 0.6) is 5.75 Å². The number of rotatable bonds is 6. The van der Waals surface area contributed by atoms with E-state index in [0.29, 0.717) is 30.3 Å². The zero-order valence-electron chi connectivity index (χ0n) is 21.4. The molecule has 5 nitrogen and oxygen atoms in total. The van der Waals surface area contributed by atoms with Crippen molar-refractivity contribution in [2.24, 2.45) is 34.5 Å². The summed E-state index contributed by atoms with van der Waals surface area (Å²) < 4.78 is 32.6. The average molecular weight is 489 g/mol. The highest BCUT2D eigenvalue weighted by Crippen LogP contribution is 2.63. The van der Waals surface area contributed by atoms with Crippen LogP contribution in [0.15, 0.2) is 18.2 Å². The van der Waals surface area contributed by atoms with Gasteiger partial charge in [0, 0.05) is 11.3 Å². The molecule has 1 aromatic rings. The van der Waals surface area contributed by atoms with Gasteiger partial charge in [-0.15, -0.1) is 0 Å². The summed E-state index contributed by atoms with van der Waals surface area (Å²) in [6.07, 6.45) is 10.7. The van der Waals surface area contributed by atoms with Crippen molar-refractivity contribution in [1.82, 2.24) is 0 Å². The Labute approximate surface area is 208 Å². The van der Waals surface area contributed by atoms with Crippen LogP contribution < -0.4 is 4.74 Å². The number of carboxylic acid groups (broad SMARTS) is 1. The molecule has 0 amide bonds. The first-order valence-corrected chi connectivity index (χ1v) is 13.6. The van der Waals surface area contributed by atoms with E-state index >= 15 is 0 Å². The van der Waals surface area contributed by atoms with E-state index in [1.54, 1.807) is 0 Å². The Bertz CT molecular complexity index is 930. The van der Waals surface area contributed by atoms with E-state index in [-0.39, 0.29) is 34.5 Å². The lowest BCUT2D eigenvalue weighted by atomic mass is 9.45. The van der Waals surface area contributed by atoms with E-state index in [1.165, 1.54) is 50.7 Å². The number of hydrogen-bond donors (Lipinski definition) is 1. The number of halogens is 1. The summed E-state index contributed by atoms with van der Waals surface area (Å²) in [5.74, 6) is 0.641. The van der Waals surface area contributed by atoms with Gasteiger partial charge in [-0.25, -0.2) is 9.18 Å². The summed E-state index contributed by atoms with van der Waals surface area (Å²) in [5.41, 5.74) is 0.0685.